The molecule has 0 atom stereocenters. The van der Waals surface area contributed by atoms with Gasteiger partial charge in [-0.3, -0.25) is 9.89 Å². The molecule has 0 aliphatic carbocycles. The number of amides is 1. The van der Waals surface area contributed by atoms with Crippen molar-refractivity contribution in [3.05, 3.63) is 64.9 Å². The topological polar surface area (TPSA) is 67.2 Å². The van der Waals surface area contributed by atoms with Crippen LogP contribution in [0.4, 0.5) is 5.69 Å². The number of carbonyl (C=O) groups excluding carboxylic acids is 1. The molecular formula is C23H28N5OS+. The fourth-order valence-electron chi connectivity index (χ4n) is 3.93. The summed E-state index contributed by atoms with van der Waals surface area (Å²) in [6, 6.07) is 18.1. The highest BCUT2D eigenvalue weighted by Crippen LogP contribution is 2.16. The van der Waals surface area contributed by atoms with Gasteiger partial charge in [-0.15, -0.1) is 0 Å². The summed E-state index contributed by atoms with van der Waals surface area (Å²) in [7, 11) is 0. The number of hydrogen-bond donors (Lipinski definition) is 3. The monoisotopic (exact) mass is 422 g/mol. The van der Waals surface area contributed by atoms with E-state index in [9.17, 15) is 4.79 Å². The third kappa shape index (κ3) is 4.86. The van der Waals surface area contributed by atoms with Crippen molar-refractivity contribution >= 4 is 23.8 Å². The van der Waals surface area contributed by atoms with Crippen molar-refractivity contribution in [2.24, 2.45) is 5.92 Å². The van der Waals surface area contributed by atoms with Gasteiger partial charge in [0.2, 0.25) is 10.7 Å². The standard InChI is InChI=1S/C23H27N5OS/c1-2-17-8-10-18(11-9-17)21-25-23(30)28(26-21)16-27-14-12-19(13-15-27)22(29)24-20-6-4-3-5-7-20/h3-11,19H,2,12-16H2,1H3,(H,24,29)(H,25,26,30)/p+1. The van der Waals surface area contributed by atoms with Crippen LogP contribution in [-0.4, -0.2) is 33.8 Å². The molecule has 1 fully saturated rings. The van der Waals surface area contributed by atoms with Crippen LogP contribution in [0.5, 0.6) is 0 Å². The van der Waals surface area contributed by atoms with Gasteiger partial charge in [0, 0.05) is 30.0 Å². The Morgan fingerprint density at radius 2 is 1.87 bits per heavy atom. The van der Waals surface area contributed by atoms with Crippen molar-refractivity contribution in [1.82, 2.24) is 14.8 Å². The van der Waals surface area contributed by atoms with E-state index in [1.165, 1.54) is 10.5 Å². The Balaban J connectivity index is 1.33. The van der Waals surface area contributed by atoms with Gasteiger partial charge >= 0.3 is 0 Å². The van der Waals surface area contributed by atoms with Crippen LogP contribution in [0.1, 0.15) is 25.3 Å². The van der Waals surface area contributed by atoms with Crippen LogP contribution < -0.4 is 10.2 Å². The Morgan fingerprint density at radius 3 is 2.53 bits per heavy atom. The van der Waals surface area contributed by atoms with Crippen LogP contribution in [0.3, 0.4) is 0 Å². The average Bonchev–Trinajstić information content (AvgIpc) is 3.15. The minimum absolute atomic E-state index is 0.0661. The molecule has 3 aromatic rings. The molecule has 7 heteroatoms. The van der Waals surface area contributed by atoms with Gasteiger partial charge in [-0.25, -0.2) is 4.68 Å². The molecule has 4 rings (SSSR count). The van der Waals surface area contributed by atoms with E-state index in [1.807, 2.05) is 35.0 Å². The van der Waals surface area contributed by atoms with E-state index in [1.54, 1.807) is 0 Å². The fourth-order valence-corrected chi connectivity index (χ4v) is 4.13. The molecule has 0 spiro atoms. The Morgan fingerprint density at radius 1 is 1.17 bits per heavy atom. The zero-order valence-electron chi connectivity index (χ0n) is 17.2. The van der Waals surface area contributed by atoms with Gasteiger partial charge in [-0.1, -0.05) is 49.4 Å². The summed E-state index contributed by atoms with van der Waals surface area (Å²) in [5.41, 5.74) is 3.21. The van der Waals surface area contributed by atoms with Gasteiger partial charge in [0.05, 0.1) is 13.1 Å². The van der Waals surface area contributed by atoms with Gasteiger partial charge in [-0.05, 0) is 36.3 Å². The van der Waals surface area contributed by atoms with E-state index in [0.717, 1.165) is 56.1 Å². The molecule has 1 aliphatic rings. The number of likely N-dealkylation sites (tertiary alicyclic amines) is 1. The number of nitrogens with zero attached hydrogens (tertiary/aromatic N) is 2. The maximum atomic E-state index is 12.5. The minimum atomic E-state index is 0.0661. The van der Waals surface area contributed by atoms with Crippen molar-refractivity contribution in [2.45, 2.75) is 32.9 Å². The number of carbonyl (C=O) groups is 1. The summed E-state index contributed by atoms with van der Waals surface area (Å²) in [6.45, 7) is 4.77. The summed E-state index contributed by atoms with van der Waals surface area (Å²) in [4.78, 5) is 18.5. The molecule has 156 valence electrons. The first-order valence-electron chi connectivity index (χ1n) is 10.6. The molecule has 30 heavy (non-hydrogen) atoms. The van der Waals surface area contributed by atoms with Gasteiger partial charge in [0.1, 0.15) is 0 Å². The van der Waals surface area contributed by atoms with Crippen molar-refractivity contribution < 1.29 is 9.69 Å². The Labute approximate surface area is 181 Å². The molecule has 1 saturated heterocycles. The highest BCUT2D eigenvalue weighted by molar-refractivity contribution is 7.71. The van der Waals surface area contributed by atoms with Gasteiger partial charge in [0.25, 0.3) is 0 Å². The second-order valence-electron chi connectivity index (χ2n) is 7.87. The Kier molecular flexibility index (Phi) is 6.40. The van der Waals surface area contributed by atoms with Gasteiger partial charge in [0.15, 0.2) is 12.5 Å². The summed E-state index contributed by atoms with van der Waals surface area (Å²) >= 11 is 5.47. The van der Waals surface area contributed by atoms with Crippen LogP contribution in [0.2, 0.25) is 0 Å². The minimum Gasteiger partial charge on any atom is -0.326 e. The van der Waals surface area contributed by atoms with Crippen LogP contribution in [-0.2, 0) is 17.9 Å². The maximum Gasteiger partial charge on any atom is 0.227 e. The lowest BCUT2D eigenvalue weighted by atomic mass is 9.96. The molecule has 0 radical (unpaired) electrons. The molecule has 2 heterocycles. The molecule has 3 N–H and O–H groups in total. The molecule has 0 unspecified atom stereocenters. The summed E-state index contributed by atoms with van der Waals surface area (Å²) in [5.74, 6) is 0.992. The summed E-state index contributed by atoms with van der Waals surface area (Å²) in [6.07, 6.45) is 2.77. The number of piperidine rings is 1. The summed E-state index contributed by atoms with van der Waals surface area (Å²) < 4.78 is 2.51. The molecule has 1 amide bonds. The molecule has 1 aromatic heterocycles. The number of quaternary nitrogens is 1. The third-order valence-corrected chi connectivity index (χ3v) is 6.11. The maximum absolute atomic E-state index is 12.5. The van der Waals surface area contributed by atoms with E-state index >= 15 is 0 Å². The number of rotatable bonds is 6. The Bertz CT molecular complexity index is 1030. The lowest BCUT2D eigenvalue weighted by Gasteiger charge is -2.28. The number of nitrogens with one attached hydrogen (secondary N) is 3. The first kappa shape index (κ1) is 20.5. The average molecular weight is 423 g/mol. The van der Waals surface area contributed by atoms with E-state index in [4.69, 9.17) is 12.2 Å². The van der Waals surface area contributed by atoms with Crippen LogP contribution in [0, 0.1) is 10.7 Å². The molecule has 6 nitrogen and oxygen atoms in total. The second kappa shape index (κ2) is 9.36. The van der Waals surface area contributed by atoms with E-state index in [2.05, 4.69) is 46.6 Å². The number of aryl methyl sites for hydroxylation is 1. The number of aromatic amines is 1. The number of H-pyrrole nitrogens is 1. The van der Waals surface area contributed by atoms with Crippen LogP contribution >= 0.6 is 12.2 Å². The first-order valence-corrected chi connectivity index (χ1v) is 11.0. The fraction of sp³-hybridized carbons (Fsp3) is 0.348. The summed E-state index contributed by atoms with van der Waals surface area (Å²) in [5, 5.41) is 6.38. The zero-order valence-corrected chi connectivity index (χ0v) is 18.0. The number of aromatic nitrogens is 3. The van der Waals surface area contributed by atoms with Crippen LogP contribution in [0.15, 0.2) is 54.6 Å². The number of benzene rings is 2. The quantitative estimate of drug-likeness (QED) is 0.535. The molecule has 2 aromatic carbocycles. The second-order valence-corrected chi connectivity index (χ2v) is 8.24. The zero-order chi connectivity index (χ0) is 20.9. The lowest BCUT2D eigenvalue weighted by Crippen LogP contribution is -3.12. The predicted octanol–water partition coefficient (Wildman–Crippen LogP) is 3.06. The highest BCUT2D eigenvalue weighted by atomic mass is 32.1. The lowest BCUT2D eigenvalue weighted by molar-refractivity contribution is -0.928. The van der Waals surface area contributed by atoms with E-state index in [0.29, 0.717) is 4.77 Å². The number of anilines is 1. The van der Waals surface area contributed by atoms with Crippen molar-refractivity contribution in [3.63, 3.8) is 0 Å². The normalized spacial score (nSPS) is 18.8. The van der Waals surface area contributed by atoms with E-state index < -0.39 is 0 Å². The van der Waals surface area contributed by atoms with Crippen molar-refractivity contribution in [3.8, 4) is 11.4 Å². The predicted molar refractivity (Wildman–Crippen MR) is 121 cm³/mol. The molecule has 1 aliphatic heterocycles. The largest absolute Gasteiger partial charge is 0.326 e. The molecule has 0 saturated carbocycles. The third-order valence-electron chi connectivity index (χ3n) is 5.80. The number of hydrogen-bond acceptors (Lipinski definition) is 3. The van der Waals surface area contributed by atoms with Gasteiger partial charge < -0.3 is 10.2 Å². The van der Waals surface area contributed by atoms with Crippen molar-refractivity contribution in [1.29, 1.82) is 0 Å². The first-order chi connectivity index (χ1) is 14.6. The number of para-hydroxylation sites is 1. The molecular weight excluding hydrogens is 394 g/mol. The smallest absolute Gasteiger partial charge is 0.227 e. The van der Waals surface area contributed by atoms with Gasteiger partial charge in [-0.2, -0.15) is 4.98 Å². The Hall–Kier alpha value is -2.77. The molecule has 0 bridgehead atoms. The van der Waals surface area contributed by atoms with Crippen molar-refractivity contribution in [2.75, 3.05) is 18.4 Å². The SMILES string of the molecule is CCc1ccc(-c2nc(=S)n(C[NH+]3CCC(C(=O)Nc4ccccc4)CC3)[nH]2)cc1. The van der Waals surface area contributed by atoms with E-state index in [-0.39, 0.29) is 11.8 Å². The van der Waals surface area contributed by atoms with Crippen LogP contribution in [0.25, 0.3) is 11.4 Å². The highest BCUT2D eigenvalue weighted by Gasteiger charge is 2.28.